The van der Waals surface area contributed by atoms with E-state index in [9.17, 15) is 4.79 Å². The van der Waals surface area contributed by atoms with E-state index in [0.29, 0.717) is 16.4 Å². The summed E-state index contributed by atoms with van der Waals surface area (Å²) in [4.78, 5) is 11.3. The highest BCUT2D eigenvalue weighted by Gasteiger charge is 2.21. The number of anilines is 3. The van der Waals surface area contributed by atoms with Gasteiger partial charge in [-0.3, -0.25) is 4.79 Å². The molecule has 0 fully saturated rings. The van der Waals surface area contributed by atoms with Gasteiger partial charge in [0.2, 0.25) is 5.91 Å². The standard InChI is InChI=1S/C9H10ClN3O/c1-4-9(14)13-7-2-5(10)6(11)3-8(7)12-4/h2-4,12H,11H2,1H3,(H,13,14). The highest BCUT2D eigenvalue weighted by Crippen LogP contribution is 2.33. The Hall–Kier alpha value is -1.42. The molecule has 0 radical (unpaired) electrons. The molecule has 1 aromatic carbocycles. The number of benzene rings is 1. The second kappa shape index (κ2) is 3.06. The van der Waals surface area contributed by atoms with Crippen molar-refractivity contribution in [2.24, 2.45) is 0 Å². The van der Waals surface area contributed by atoms with Gasteiger partial charge in [-0.25, -0.2) is 0 Å². The molecule has 0 aliphatic carbocycles. The molecule has 5 heteroatoms. The average molecular weight is 212 g/mol. The quantitative estimate of drug-likeness (QED) is 0.572. The Morgan fingerprint density at radius 3 is 2.86 bits per heavy atom. The van der Waals surface area contributed by atoms with Crippen LogP contribution in [0.2, 0.25) is 5.02 Å². The maximum atomic E-state index is 11.3. The highest BCUT2D eigenvalue weighted by molar-refractivity contribution is 6.33. The predicted molar refractivity (Wildman–Crippen MR) is 57.6 cm³/mol. The monoisotopic (exact) mass is 211 g/mol. The molecule has 1 amide bonds. The molecule has 0 aromatic heterocycles. The number of nitrogens with two attached hydrogens (primary N) is 1. The molecule has 74 valence electrons. The average Bonchev–Trinajstić information content (AvgIpc) is 2.11. The Morgan fingerprint density at radius 2 is 2.14 bits per heavy atom. The van der Waals surface area contributed by atoms with Crippen molar-refractivity contribution in [3.05, 3.63) is 17.2 Å². The summed E-state index contributed by atoms with van der Waals surface area (Å²) in [6.45, 7) is 1.78. The summed E-state index contributed by atoms with van der Waals surface area (Å²) >= 11 is 5.83. The molecule has 1 unspecified atom stereocenters. The highest BCUT2D eigenvalue weighted by atomic mass is 35.5. The lowest BCUT2D eigenvalue weighted by molar-refractivity contribution is -0.116. The molecular weight excluding hydrogens is 202 g/mol. The number of hydrogen-bond donors (Lipinski definition) is 3. The second-order valence-electron chi connectivity index (χ2n) is 3.27. The van der Waals surface area contributed by atoms with Crippen LogP contribution in [0.15, 0.2) is 12.1 Å². The summed E-state index contributed by atoms with van der Waals surface area (Å²) in [5.41, 5.74) is 7.62. The zero-order valence-corrected chi connectivity index (χ0v) is 8.35. The molecule has 1 aliphatic heterocycles. The van der Waals surface area contributed by atoms with Gasteiger partial charge in [-0.1, -0.05) is 11.6 Å². The van der Waals surface area contributed by atoms with Gasteiger partial charge in [0.15, 0.2) is 0 Å². The number of hydrogen-bond acceptors (Lipinski definition) is 3. The third-order valence-corrected chi connectivity index (χ3v) is 2.49. The molecule has 4 N–H and O–H groups in total. The summed E-state index contributed by atoms with van der Waals surface area (Å²) in [7, 11) is 0. The smallest absolute Gasteiger partial charge is 0.246 e. The minimum absolute atomic E-state index is 0.0710. The van der Waals surface area contributed by atoms with Crippen LogP contribution >= 0.6 is 11.6 Å². The molecule has 1 heterocycles. The van der Waals surface area contributed by atoms with Crippen LogP contribution < -0.4 is 16.4 Å². The van der Waals surface area contributed by atoms with Gasteiger partial charge in [0.25, 0.3) is 0 Å². The minimum atomic E-state index is -0.247. The molecule has 1 atom stereocenters. The largest absolute Gasteiger partial charge is 0.397 e. The lowest BCUT2D eigenvalue weighted by atomic mass is 10.1. The number of rotatable bonds is 0. The van der Waals surface area contributed by atoms with E-state index in [-0.39, 0.29) is 11.9 Å². The van der Waals surface area contributed by atoms with Crippen molar-refractivity contribution in [3.8, 4) is 0 Å². The van der Waals surface area contributed by atoms with Crippen molar-refractivity contribution in [2.45, 2.75) is 13.0 Å². The Labute approximate surface area is 86.4 Å². The zero-order valence-electron chi connectivity index (χ0n) is 7.60. The fraction of sp³-hybridized carbons (Fsp3) is 0.222. The van der Waals surface area contributed by atoms with E-state index in [1.165, 1.54) is 0 Å². The van der Waals surface area contributed by atoms with Crippen LogP contribution in [0, 0.1) is 0 Å². The van der Waals surface area contributed by atoms with Crippen molar-refractivity contribution < 1.29 is 4.79 Å². The van der Waals surface area contributed by atoms with Gasteiger partial charge in [0.1, 0.15) is 6.04 Å². The van der Waals surface area contributed by atoms with Crippen LogP contribution in [0.4, 0.5) is 17.1 Å². The van der Waals surface area contributed by atoms with E-state index in [2.05, 4.69) is 10.6 Å². The van der Waals surface area contributed by atoms with Crippen LogP contribution in [-0.4, -0.2) is 11.9 Å². The molecule has 14 heavy (non-hydrogen) atoms. The Morgan fingerprint density at radius 1 is 1.43 bits per heavy atom. The maximum absolute atomic E-state index is 11.3. The lowest BCUT2D eigenvalue weighted by Gasteiger charge is -2.24. The topological polar surface area (TPSA) is 67.2 Å². The van der Waals surface area contributed by atoms with Gasteiger partial charge in [-0.05, 0) is 19.1 Å². The molecule has 0 bridgehead atoms. The first-order valence-corrected chi connectivity index (χ1v) is 4.62. The Balaban J connectivity index is 2.47. The van der Waals surface area contributed by atoms with Crippen LogP contribution in [0.3, 0.4) is 0 Å². The fourth-order valence-electron chi connectivity index (χ4n) is 1.35. The van der Waals surface area contributed by atoms with Crippen LogP contribution in [-0.2, 0) is 4.79 Å². The number of carbonyl (C=O) groups is 1. The second-order valence-corrected chi connectivity index (χ2v) is 3.68. The van der Waals surface area contributed by atoms with Crippen molar-refractivity contribution in [1.29, 1.82) is 0 Å². The van der Waals surface area contributed by atoms with Gasteiger partial charge in [0.05, 0.1) is 22.1 Å². The summed E-state index contributed by atoms with van der Waals surface area (Å²) in [6.07, 6.45) is 0. The molecule has 0 spiro atoms. The lowest BCUT2D eigenvalue weighted by Crippen LogP contribution is -2.36. The third-order valence-electron chi connectivity index (χ3n) is 2.16. The predicted octanol–water partition coefficient (Wildman–Crippen LogP) is 1.67. The zero-order chi connectivity index (χ0) is 10.3. The summed E-state index contributed by atoms with van der Waals surface area (Å²) in [5.74, 6) is -0.0710. The fourth-order valence-corrected chi connectivity index (χ4v) is 1.52. The van der Waals surface area contributed by atoms with E-state index in [1.54, 1.807) is 19.1 Å². The number of nitrogens with one attached hydrogen (secondary N) is 2. The summed E-state index contributed by atoms with van der Waals surface area (Å²) in [6, 6.07) is 3.11. The Bertz CT molecular complexity index is 405. The van der Waals surface area contributed by atoms with Crippen molar-refractivity contribution in [1.82, 2.24) is 0 Å². The number of carbonyl (C=O) groups excluding carboxylic acids is 1. The molecular formula is C9H10ClN3O. The molecule has 1 aromatic rings. The van der Waals surface area contributed by atoms with Gasteiger partial charge >= 0.3 is 0 Å². The molecule has 0 saturated carbocycles. The number of amides is 1. The number of fused-ring (bicyclic) bond motifs is 1. The summed E-state index contributed by atoms with van der Waals surface area (Å²) in [5, 5.41) is 6.21. The van der Waals surface area contributed by atoms with Crippen LogP contribution in [0.1, 0.15) is 6.92 Å². The number of halogens is 1. The number of nitrogen functional groups attached to an aromatic ring is 1. The third kappa shape index (κ3) is 1.37. The summed E-state index contributed by atoms with van der Waals surface area (Å²) < 4.78 is 0. The molecule has 2 rings (SSSR count). The van der Waals surface area contributed by atoms with Crippen LogP contribution in [0.25, 0.3) is 0 Å². The first kappa shape index (κ1) is 9.15. The van der Waals surface area contributed by atoms with Crippen LogP contribution in [0.5, 0.6) is 0 Å². The van der Waals surface area contributed by atoms with E-state index < -0.39 is 0 Å². The minimum Gasteiger partial charge on any atom is -0.397 e. The van der Waals surface area contributed by atoms with E-state index in [4.69, 9.17) is 17.3 Å². The van der Waals surface area contributed by atoms with Crippen molar-refractivity contribution in [3.63, 3.8) is 0 Å². The van der Waals surface area contributed by atoms with E-state index in [1.807, 2.05) is 0 Å². The maximum Gasteiger partial charge on any atom is 0.246 e. The van der Waals surface area contributed by atoms with E-state index >= 15 is 0 Å². The normalized spacial score (nSPS) is 19.6. The van der Waals surface area contributed by atoms with Gasteiger partial charge in [-0.2, -0.15) is 0 Å². The Kier molecular flexibility index (Phi) is 2.00. The van der Waals surface area contributed by atoms with Gasteiger partial charge in [-0.15, -0.1) is 0 Å². The van der Waals surface area contributed by atoms with E-state index in [0.717, 1.165) is 5.69 Å². The first-order valence-electron chi connectivity index (χ1n) is 4.24. The van der Waals surface area contributed by atoms with Crippen molar-refractivity contribution >= 4 is 34.6 Å². The van der Waals surface area contributed by atoms with Gasteiger partial charge < -0.3 is 16.4 Å². The first-order chi connectivity index (χ1) is 6.58. The molecule has 4 nitrogen and oxygen atoms in total. The van der Waals surface area contributed by atoms with Gasteiger partial charge in [0, 0.05) is 0 Å². The molecule has 0 saturated heterocycles. The SMILES string of the molecule is CC1Nc2cc(N)c(Cl)cc2NC1=O. The molecule has 1 aliphatic rings. The van der Waals surface area contributed by atoms with Crippen molar-refractivity contribution in [2.75, 3.05) is 16.4 Å².